The number of amides is 2. The minimum Gasteiger partial charge on any atom is -0.475 e. The molecule has 0 aromatic carbocycles. The second-order valence-electron chi connectivity index (χ2n) is 8.01. The van der Waals surface area contributed by atoms with Crippen LogP contribution in [0.1, 0.15) is 26.4 Å². The Morgan fingerprint density at radius 1 is 1.26 bits per heavy atom. The quantitative estimate of drug-likeness (QED) is 0.450. The van der Waals surface area contributed by atoms with Gasteiger partial charge in [-0.2, -0.15) is 0 Å². The van der Waals surface area contributed by atoms with Crippen molar-refractivity contribution in [3.63, 3.8) is 0 Å². The Bertz CT molecular complexity index is 1230. The molecular weight excluding hydrogens is 470 g/mol. The van der Waals surface area contributed by atoms with Crippen LogP contribution in [-0.4, -0.2) is 73.3 Å². The van der Waals surface area contributed by atoms with Crippen molar-refractivity contribution in [2.24, 2.45) is 0 Å². The number of hydrogen-bond acceptors (Lipinski definition) is 10. The first-order valence-corrected chi connectivity index (χ1v) is 12.1. The molecule has 0 unspecified atom stereocenters. The van der Waals surface area contributed by atoms with Crippen molar-refractivity contribution in [3.05, 3.63) is 52.9 Å². The molecule has 0 atom stereocenters. The van der Waals surface area contributed by atoms with E-state index in [0.29, 0.717) is 42.0 Å². The van der Waals surface area contributed by atoms with E-state index in [2.05, 4.69) is 30.5 Å². The Morgan fingerprint density at radius 3 is 2.94 bits per heavy atom. The fourth-order valence-electron chi connectivity index (χ4n) is 3.98. The van der Waals surface area contributed by atoms with E-state index in [1.54, 1.807) is 42.0 Å². The van der Waals surface area contributed by atoms with Crippen LogP contribution in [0.4, 0.5) is 16.5 Å². The highest BCUT2D eigenvalue weighted by molar-refractivity contribution is 7.14. The Morgan fingerprint density at radius 2 is 2.11 bits per heavy atom. The topological polar surface area (TPSA) is 122 Å². The van der Waals surface area contributed by atoms with Gasteiger partial charge in [0.05, 0.1) is 36.3 Å². The number of methoxy groups -OCH3 is 1. The number of aromatic nitrogens is 3. The van der Waals surface area contributed by atoms with E-state index in [0.717, 1.165) is 37.4 Å². The summed E-state index contributed by atoms with van der Waals surface area (Å²) in [5.41, 5.74) is 3.10. The number of fused-ring (bicyclic) bond motifs is 1. The molecule has 2 aliphatic heterocycles. The lowest BCUT2D eigenvalue weighted by Gasteiger charge is -2.30. The summed E-state index contributed by atoms with van der Waals surface area (Å²) in [4.78, 5) is 42.6. The number of hydrogen-bond donors (Lipinski definition) is 2. The van der Waals surface area contributed by atoms with Gasteiger partial charge in [-0.1, -0.05) is 0 Å². The average Bonchev–Trinajstić information content (AvgIpc) is 3.50. The van der Waals surface area contributed by atoms with Gasteiger partial charge < -0.3 is 25.0 Å². The number of carbonyl (C=O) groups is 2. The van der Waals surface area contributed by atoms with Crippen LogP contribution in [0.5, 0.6) is 5.88 Å². The first kappa shape index (κ1) is 23.1. The third-order valence-corrected chi connectivity index (χ3v) is 6.63. The molecule has 1 saturated heterocycles. The van der Waals surface area contributed by atoms with E-state index in [9.17, 15) is 9.59 Å². The van der Waals surface area contributed by atoms with Gasteiger partial charge in [-0.05, 0) is 6.07 Å². The molecule has 0 spiro atoms. The lowest BCUT2D eigenvalue weighted by molar-refractivity contribution is 0.0991. The number of nitrogens with one attached hydrogen (secondary N) is 2. The van der Waals surface area contributed by atoms with Gasteiger partial charge >= 0.3 is 0 Å². The summed E-state index contributed by atoms with van der Waals surface area (Å²) in [6, 6.07) is 3.53. The summed E-state index contributed by atoms with van der Waals surface area (Å²) >= 11 is 1.24. The number of thiazole rings is 1. The minimum absolute atomic E-state index is 0.200. The molecule has 35 heavy (non-hydrogen) atoms. The predicted molar refractivity (Wildman–Crippen MR) is 132 cm³/mol. The van der Waals surface area contributed by atoms with Crippen LogP contribution in [0.15, 0.2) is 36.1 Å². The molecule has 0 radical (unpaired) electrons. The first-order chi connectivity index (χ1) is 17.1. The summed E-state index contributed by atoms with van der Waals surface area (Å²) in [7, 11) is 1.59. The lowest BCUT2D eigenvalue weighted by atomic mass is 10.2. The van der Waals surface area contributed by atoms with Crippen molar-refractivity contribution >= 4 is 39.7 Å². The zero-order chi connectivity index (χ0) is 24.2. The summed E-state index contributed by atoms with van der Waals surface area (Å²) in [6.07, 6.45) is 4.99. The lowest BCUT2D eigenvalue weighted by Crippen LogP contribution is -2.43. The summed E-state index contributed by atoms with van der Waals surface area (Å²) in [5.74, 6) is -0.183. The highest BCUT2D eigenvalue weighted by Gasteiger charge is 2.32. The van der Waals surface area contributed by atoms with Crippen LogP contribution in [0.2, 0.25) is 0 Å². The molecule has 182 valence electrons. The van der Waals surface area contributed by atoms with Gasteiger partial charge in [0.2, 0.25) is 5.88 Å². The van der Waals surface area contributed by atoms with E-state index >= 15 is 0 Å². The molecule has 2 amide bonds. The Balaban J connectivity index is 1.28. The van der Waals surface area contributed by atoms with Gasteiger partial charge in [-0.25, -0.2) is 9.97 Å². The van der Waals surface area contributed by atoms with Crippen LogP contribution < -0.4 is 25.2 Å². The second-order valence-corrected chi connectivity index (χ2v) is 8.85. The zero-order valence-corrected chi connectivity index (χ0v) is 20.0. The van der Waals surface area contributed by atoms with E-state index < -0.39 is 0 Å². The number of anilines is 3. The molecule has 2 N–H and O–H groups in total. The van der Waals surface area contributed by atoms with Crippen LogP contribution in [0.25, 0.3) is 0 Å². The number of pyridine rings is 2. The van der Waals surface area contributed by atoms with Crippen LogP contribution >= 0.6 is 11.3 Å². The van der Waals surface area contributed by atoms with Crippen molar-refractivity contribution in [1.29, 1.82) is 0 Å². The maximum Gasteiger partial charge on any atom is 0.275 e. The monoisotopic (exact) mass is 495 g/mol. The van der Waals surface area contributed by atoms with Crippen molar-refractivity contribution in [1.82, 2.24) is 20.3 Å². The van der Waals surface area contributed by atoms with Gasteiger partial charge in [0.25, 0.3) is 11.8 Å². The highest BCUT2D eigenvalue weighted by atomic mass is 32.1. The standard InChI is InChI=1S/C23H25N7O4S/c1-33-8-9-34-20-10-16-15(11-26-20)13-30(22(16)32)23-28-18(14-35-23)21(31)27-17-12-25-3-2-19(17)29-6-4-24-5-7-29/h2-3,10-12,14,24H,4-9,13H2,1H3,(H,27,31). The molecule has 5 rings (SSSR count). The van der Waals surface area contributed by atoms with Crippen LogP contribution in [0, 0.1) is 0 Å². The molecule has 11 nitrogen and oxygen atoms in total. The number of rotatable bonds is 8. The molecule has 0 aliphatic carbocycles. The largest absolute Gasteiger partial charge is 0.475 e. The van der Waals surface area contributed by atoms with Crippen molar-refractivity contribution in [3.8, 4) is 5.88 Å². The normalized spacial score (nSPS) is 15.3. The Kier molecular flexibility index (Phi) is 6.84. The molecule has 12 heteroatoms. The number of carbonyl (C=O) groups excluding carboxylic acids is 2. The maximum atomic E-state index is 13.0. The molecule has 0 bridgehead atoms. The summed E-state index contributed by atoms with van der Waals surface area (Å²) in [6.45, 7) is 4.57. The van der Waals surface area contributed by atoms with Gasteiger partial charge in [0.1, 0.15) is 12.3 Å². The van der Waals surface area contributed by atoms with Gasteiger partial charge in [-0.3, -0.25) is 19.5 Å². The highest BCUT2D eigenvalue weighted by Crippen LogP contribution is 2.32. The maximum absolute atomic E-state index is 13.0. The van der Waals surface area contributed by atoms with Crippen LogP contribution in [0.3, 0.4) is 0 Å². The number of ether oxygens (including phenoxy) is 2. The minimum atomic E-state index is -0.350. The molecule has 3 aromatic heterocycles. The predicted octanol–water partition coefficient (Wildman–Crippen LogP) is 1.78. The fraction of sp³-hybridized carbons (Fsp3) is 0.348. The van der Waals surface area contributed by atoms with Crippen molar-refractivity contribution in [2.75, 3.05) is 61.6 Å². The first-order valence-electron chi connectivity index (χ1n) is 11.2. The fourth-order valence-corrected chi connectivity index (χ4v) is 4.79. The number of piperazine rings is 1. The van der Waals surface area contributed by atoms with E-state index in [1.165, 1.54) is 11.3 Å². The average molecular weight is 496 g/mol. The van der Waals surface area contributed by atoms with Gasteiger partial charge in [0, 0.05) is 62.7 Å². The Labute approximate surface area is 206 Å². The molecule has 3 aromatic rings. The summed E-state index contributed by atoms with van der Waals surface area (Å²) < 4.78 is 10.5. The third-order valence-electron chi connectivity index (χ3n) is 5.76. The van der Waals surface area contributed by atoms with Gasteiger partial charge in [-0.15, -0.1) is 11.3 Å². The SMILES string of the molecule is COCCOc1cc2c(cn1)CN(c1nc(C(=O)Nc3cnccc3N3CCNCC3)cs1)C2=O. The van der Waals surface area contributed by atoms with Gasteiger partial charge in [0.15, 0.2) is 5.13 Å². The van der Waals surface area contributed by atoms with Crippen molar-refractivity contribution in [2.45, 2.75) is 6.54 Å². The molecular formula is C23H25N7O4S. The molecule has 0 saturated carbocycles. The van der Waals surface area contributed by atoms with E-state index in [1.807, 2.05) is 6.07 Å². The van der Waals surface area contributed by atoms with Crippen molar-refractivity contribution < 1.29 is 19.1 Å². The zero-order valence-electron chi connectivity index (χ0n) is 19.2. The van der Waals surface area contributed by atoms with Crippen LogP contribution in [-0.2, 0) is 11.3 Å². The smallest absolute Gasteiger partial charge is 0.275 e. The van der Waals surface area contributed by atoms with E-state index in [4.69, 9.17) is 9.47 Å². The Hall–Kier alpha value is -3.61. The summed E-state index contributed by atoms with van der Waals surface area (Å²) in [5, 5.41) is 8.35. The van der Waals surface area contributed by atoms with E-state index in [-0.39, 0.29) is 17.5 Å². The molecule has 2 aliphatic rings. The molecule has 5 heterocycles. The number of nitrogens with zero attached hydrogens (tertiary/aromatic N) is 5. The molecule has 1 fully saturated rings. The second kappa shape index (κ2) is 10.3. The third kappa shape index (κ3) is 4.94.